The minimum atomic E-state index is -0.706. The largest absolute Gasteiger partial charge is 0.481 e. The van der Waals surface area contributed by atoms with Crippen LogP contribution in [0.15, 0.2) is 0 Å². The summed E-state index contributed by atoms with van der Waals surface area (Å²) in [5.74, 6) is 1.18. The van der Waals surface area contributed by atoms with E-state index in [-0.39, 0.29) is 12.3 Å². The van der Waals surface area contributed by atoms with Crippen molar-refractivity contribution in [2.75, 3.05) is 5.75 Å². The van der Waals surface area contributed by atoms with Crippen LogP contribution in [0.25, 0.3) is 0 Å². The number of hydrogen-bond acceptors (Lipinski definition) is 3. The van der Waals surface area contributed by atoms with Gasteiger partial charge in [0.05, 0.1) is 0 Å². The van der Waals surface area contributed by atoms with Crippen LogP contribution in [0.4, 0.5) is 0 Å². The number of hydrogen-bond donors (Lipinski definition) is 1. The number of carboxylic acids is 1. The van der Waals surface area contributed by atoms with Gasteiger partial charge in [0.25, 0.3) is 0 Å². The Morgan fingerprint density at radius 3 is 2.74 bits per heavy atom. The Kier molecular flexibility index (Phi) is 8.19. The molecule has 110 valence electrons. The van der Waals surface area contributed by atoms with Crippen LogP contribution in [0, 0.1) is 5.92 Å². The zero-order chi connectivity index (χ0) is 14.1. The average molecular weight is 286 g/mol. The smallest absolute Gasteiger partial charge is 0.303 e. The van der Waals surface area contributed by atoms with Crippen molar-refractivity contribution in [3.63, 3.8) is 0 Å². The highest BCUT2D eigenvalue weighted by atomic mass is 32.2. The van der Waals surface area contributed by atoms with Gasteiger partial charge in [0.15, 0.2) is 0 Å². The van der Waals surface area contributed by atoms with Gasteiger partial charge in [0, 0.05) is 24.0 Å². The molecule has 2 atom stereocenters. The van der Waals surface area contributed by atoms with E-state index in [0.29, 0.717) is 11.0 Å². The Hall–Kier alpha value is -0.510. The van der Waals surface area contributed by atoms with Gasteiger partial charge in [-0.25, -0.2) is 0 Å². The zero-order valence-electron chi connectivity index (χ0n) is 11.9. The van der Waals surface area contributed by atoms with Crippen molar-refractivity contribution in [1.82, 2.24) is 0 Å². The molecule has 0 heterocycles. The Labute approximate surface area is 120 Å². The minimum Gasteiger partial charge on any atom is -0.481 e. The van der Waals surface area contributed by atoms with E-state index in [2.05, 4.69) is 6.92 Å². The van der Waals surface area contributed by atoms with E-state index < -0.39 is 5.97 Å². The first kappa shape index (κ1) is 16.5. The summed E-state index contributed by atoms with van der Waals surface area (Å²) in [5, 5.41) is 9.09. The summed E-state index contributed by atoms with van der Waals surface area (Å²) in [4.78, 5) is 22.2. The molecule has 0 aromatic rings. The summed E-state index contributed by atoms with van der Waals surface area (Å²) < 4.78 is 0. The van der Waals surface area contributed by atoms with Gasteiger partial charge in [-0.15, -0.1) is 0 Å². The van der Waals surface area contributed by atoms with E-state index in [1.807, 2.05) is 11.8 Å². The van der Waals surface area contributed by atoms with E-state index in [0.717, 1.165) is 50.7 Å². The monoisotopic (exact) mass is 286 g/mol. The van der Waals surface area contributed by atoms with Gasteiger partial charge < -0.3 is 5.11 Å². The number of carbonyl (C=O) groups excluding carboxylic acids is 1. The summed E-state index contributed by atoms with van der Waals surface area (Å²) in [7, 11) is 0. The van der Waals surface area contributed by atoms with Crippen molar-refractivity contribution in [1.29, 1.82) is 0 Å². The number of aliphatic carboxylic acids is 1. The zero-order valence-corrected chi connectivity index (χ0v) is 12.7. The van der Waals surface area contributed by atoms with Crippen molar-refractivity contribution < 1.29 is 14.7 Å². The molecule has 2 unspecified atom stereocenters. The molecule has 1 saturated carbocycles. The van der Waals surface area contributed by atoms with Crippen molar-refractivity contribution in [2.24, 2.45) is 5.92 Å². The fourth-order valence-corrected chi connectivity index (χ4v) is 4.03. The SMILES string of the molecule is CCCSC1CCC(=O)C1CCCCCCC(=O)O. The molecule has 1 fully saturated rings. The molecule has 0 radical (unpaired) electrons. The molecule has 0 bridgehead atoms. The summed E-state index contributed by atoms with van der Waals surface area (Å²) in [6.07, 6.45) is 8.16. The van der Waals surface area contributed by atoms with Gasteiger partial charge in [-0.2, -0.15) is 11.8 Å². The molecular formula is C15H26O3S. The van der Waals surface area contributed by atoms with Gasteiger partial charge in [0.2, 0.25) is 0 Å². The number of carbonyl (C=O) groups is 2. The van der Waals surface area contributed by atoms with E-state index in [9.17, 15) is 9.59 Å². The molecule has 3 nitrogen and oxygen atoms in total. The molecular weight excluding hydrogens is 260 g/mol. The quantitative estimate of drug-likeness (QED) is 0.619. The van der Waals surface area contributed by atoms with Gasteiger partial charge in [0.1, 0.15) is 5.78 Å². The van der Waals surface area contributed by atoms with Crippen LogP contribution < -0.4 is 0 Å². The average Bonchev–Trinajstić information content (AvgIpc) is 2.72. The Balaban J connectivity index is 2.15. The highest BCUT2D eigenvalue weighted by Gasteiger charge is 2.33. The number of Topliss-reactive ketones (excluding diaryl/α,β-unsaturated/α-hetero) is 1. The standard InChI is InChI=1S/C15H26O3S/c1-2-11-19-14-10-9-13(16)12(14)7-5-3-4-6-8-15(17)18/h12,14H,2-11H2,1H3,(H,17,18). The summed E-state index contributed by atoms with van der Waals surface area (Å²) in [6, 6.07) is 0. The molecule has 0 aromatic carbocycles. The van der Waals surface area contributed by atoms with Crippen LogP contribution in [0.3, 0.4) is 0 Å². The predicted molar refractivity (Wildman–Crippen MR) is 79.6 cm³/mol. The van der Waals surface area contributed by atoms with Gasteiger partial charge in [-0.1, -0.05) is 26.2 Å². The van der Waals surface area contributed by atoms with Crippen molar-refractivity contribution in [3.8, 4) is 0 Å². The number of thioether (sulfide) groups is 1. The Morgan fingerprint density at radius 1 is 1.32 bits per heavy atom. The highest BCUT2D eigenvalue weighted by Crippen LogP contribution is 2.36. The summed E-state index contributed by atoms with van der Waals surface area (Å²) in [6.45, 7) is 2.18. The maximum atomic E-state index is 11.9. The van der Waals surface area contributed by atoms with Crippen LogP contribution >= 0.6 is 11.8 Å². The molecule has 19 heavy (non-hydrogen) atoms. The van der Waals surface area contributed by atoms with Crippen LogP contribution in [0.2, 0.25) is 0 Å². The third-order valence-corrected chi connectivity index (χ3v) is 5.37. The summed E-state index contributed by atoms with van der Waals surface area (Å²) >= 11 is 1.97. The second-order valence-electron chi connectivity index (χ2n) is 5.37. The highest BCUT2D eigenvalue weighted by molar-refractivity contribution is 7.99. The van der Waals surface area contributed by atoms with Gasteiger partial charge in [-0.3, -0.25) is 9.59 Å². The molecule has 0 aliphatic heterocycles. The third-order valence-electron chi connectivity index (χ3n) is 3.73. The lowest BCUT2D eigenvalue weighted by Crippen LogP contribution is -2.17. The Morgan fingerprint density at radius 2 is 2.05 bits per heavy atom. The molecule has 0 saturated heterocycles. The topological polar surface area (TPSA) is 54.4 Å². The lowest BCUT2D eigenvalue weighted by Gasteiger charge is -2.17. The molecule has 1 rings (SSSR count). The maximum Gasteiger partial charge on any atom is 0.303 e. The molecule has 1 aliphatic carbocycles. The second kappa shape index (κ2) is 9.40. The number of rotatable bonds is 10. The molecule has 0 aromatic heterocycles. The van der Waals surface area contributed by atoms with Gasteiger partial charge in [-0.05, 0) is 31.4 Å². The predicted octanol–water partition coefficient (Wildman–Crippen LogP) is 3.90. The molecule has 0 spiro atoms. The Bertz CT molecular complexity index is 291. The van der Waals surface area contributed by atoms with Crippen molar-refractivity contribution in [2.45, 2.75) is 70.0 Å². The molecule has 1 aliphatic rings. The summed E-state index contributed by atoms with van der Waals surface area (Å²) in [5.41, 5.74) is 0. The van der Waals surface area contributed by atoms with Crippen LogP contribution in [0.5, 0.6) is 0 Å². The van der Waals surface area contributed by atoms with Crippen molar-refractivity contribution >= 4 is 23.5 Å². The molecule has 4 heteroatoms. The number of ketones is 1. The van der Waals surface area contributed by atoms with Crippen molar-refractivity contribution in [3.05, 3.63) is 0 Å². The first-order valence-corrected chi connectivity index (χ1v) is 8.56. The van der Waals surface area contributed by atoms with E-state index in [1.165, 1.54) is 6.42 Å². The van der Waals surface area contributed by atoms with E-state index in [1.54, 1.807) is 0 Å². The number of carboxylic acid groups (broad SMARTS) is 1. The van der Waals surface area contributed by atoms with E-state index in [4.69, 9.17) is 5.11 Å². The molecule has 1 N–H and O–H groups in total. The lowest BCUT2D eigenvalue weighted by atomic mass is 9.98. The fraction of sp³-hybridized carbons (Fsp3) is 0.867. The first-order valence-electron chi connectivity index (χ1n) is 7.51. The lowest BCUT2D eigenvalue weighted by molar-refractivity contribution is -0.137. The second-order valence-corrected chi connectivity index (χ2v) is 6.71. The van der Waals surface area contributed by atoms with Crippen LogP contribution in [-0.4, -0.2) is 27.9 Å². The molecule has 0 amide bonds. The fourth-order valence-electron chi connectivity index (χ4n) is 2.69. The number of unbranched alkanes of at least 4 members (excludes halogenated alkanes) is 3. The van der Waals surface area contributed by atoms with E-state index >= 15 is 0 Å². The van der Waals surface area contributed by atoms with Crippen LogP contribution in [-0.2, 0) is 9.59 Å². The van der Waals surface area contributed by atoms with Gasteiger partial charge >= 0.3 is 5.97 Å². The minimum absolute atomic E-state index is 0.274. The van der Waals surface area contributed by atoms with Crippen LogP contribution in [0.1, 0.15) is 64.7 Å². The third kappa shape index (κ3) is 6.46. The normalized spacial score (nSPS) is 22.9. The first-order chi connectivity index (χ1) is 9.15. The maximum absolute atomic E-state index is 11.9.